The van der Waals surface area contributed by atoms with E-state index < -0.39 is 0 Å². The Hall–Kier alpha value is 0.966. The second kappa shape index (κ2) is 7.08. The molecule has 0 saturated heterocycles. The van der Waals surface area contributed by atoms with Crippen LogP contribution >= 0.6 is 11.3 Å². The van der Waals surface area contributed by atoms with Gasteiger partial charge in [-0.05, 0) is 11.4 Å². The van der Waals surface area contributed by atoms with Crippen molar-refractivity contribution in [2.75, 3.05) is 0 Å². The van der Waals surface area contributed by atoms with E-state index in [1.54, 1.807) is 6.07 Å². The Bertz CT molecular complexity index is 150. The molecule has 0 aliphatic carbocycles. The summed E-state index contributed by atoms with van der Waals surface area (Å²) < 4.78 is 0. The zero-order valence-electron chi connectivity index (χ0n) is 5.07. The van der Waals surface area contributed by atoms with Crippen LogP contribution in [0.25, 0.3) is 0 Å². The second-order valence-corrected chi connectivity index (χ2v) is 2.11. The van der Waals surface area contributed by atoms with Gasteiger partial charge in [0.2, 0.25) is 0 Å². The summed E-state index contributed by atoms with van der Waals surface area (Å²) in [6, 6.07) is 3.64. The molecule has 0 amide bonds. The van der Waals surface area contributed by atoms with Gasteiger partial charge in [-0.25, -0.2) is 0 Å². The standard InChI is InChI=1S/C5H4OS.K.H2O/c6-4-5-2-1-3-7-5;;/h1-4H;;1H2/q;+1;/p-1. The first-order chi connectivity index (χ1) is 3.43. The van der Waals surface area contributed by atoms with Crippen molar-refractivity contribution < 1.29 is 61.7 Å². The first-order valence-corrected chi connectivity index (χ1v) is 2.80. The van der Waals surface area contributed by atoms with Crippen LogP contribution < -0.4 is 51.4 Å². The Kier molecular flexibility index (Phi) is 9.93. The van der Waals surface area contributed by atoms with E-state index in [1.807, 2.05) is 11.4 Å². The van der Waals surface area contributed by atoms with Gasteiger partial charge in [-0.2, -0.15) is 0 Å². The fourth-order valence-corrected chi connectivity index (χ4v) is 0.885. The molecule has 0 aliphatic heterocycles. The predicted molar refractivity (Wildman–Crippen MR) is 31.6 cm³/mol. The van der Waals surface area contributed by atoms with Gasteiger partial charge in [-0.15, -0.1) is 11.3 Å². The fourth-order valence-electron chi connectivity index (χ4n) is 0.358. The second-order valence-electron chi connectivity index (χ2n) is 1.13. The minimum Gasteiger partial charge on any atom is -0.870 e. The molecule has 1 aromatic heterocycles. The van der Waals surface area contributed by atoms with Crippen molar-refractivity contribution in [2.45, 2.75) is 0 Å². The SMILES string of the molecule is O=Cc1cccs1.[K+].[OH-]. The van der Waals surface area contributed by atoms with E-state index in [-0.39, 0.29) is 56.9 Å². The molecule has 1 N–H and O–H groups in total. The third-order valence-electron chi connectivity index (χ3n) is 0.659. The Morgan fingerprint density at radius 1 is 1.56 bits per heavy atom. The molecule has 0 unspecified atom stereocenters. The van der Waals surface area contributed by atoms with Gasteiger partial charge < -0.3 is 5.48 Å². The summed E-state index contributed by atoms with van der Waals surface area (Å²) in [6.45, 7) is 0. The van der Waals surface area contributed by atoms with Gasteiger partial charge in [0.1, 0.15) is 0 Å². The summed E-state index contributed by atoms with van der Waals surface area (Å²) >= 11 is 1.45. The normalized spacial score (nSPS) is 6.67. The average Bonchev–Trinajstić information content (AvgIpc) is 2.14. The molecule has 2 nitrogen and oxygen atoms in total. The maximum absolute atomic E-state index is 9.88. The molecule has 0 aromatic carbocycles. The largest absolute Gasteiger partial charge is 1.00 e. The van der Waals surface area contributed by atoms with Crippen molar-refractivity contribution in [2.24, 2.45) is 0 Å². The van der Waals surface area contributed by atoms with Gasteiger partial charge in [0.25, 0.3) is 0 Å². The molecule has 4 heteroatoms. The zero-order valence-corrected chi connectivity index (χ0v) is 9.01. The van der Waals surface area contributed by atoms with Crippen LogP contribution in [0.5, 0.6) is 0 Å². The number of hydrogen-bond acceptors (Lipinski definition) is 3. The Labute approximate surface area is 100 Å². The van der Waals surface area contributed by atoms with Crippen molar-refractivity contribution in [1.82, 2.24) is 0 Å². The average molecular weight is 168 g/mol. The molecule has 0 bridgehead atoms. The quantitative estimate of drug-likeness (QED) is 0.374. The summed E-state index contributed by atoms with van der Waals surface area (Å²) in [6.07, 6.45) is 0.852. The molecule has 1 aromatic rings. The van der Waals surface area contributed by atoms with Crippen molar-refractivity contribution in [3.8, 4) is 0 Å². The summed E-state index contributed by atoms with van der Waals surface area (Å²) in [7, 11) is 0. The number of carbonyl (C=O) groups excluding carboxylic acids is 1. The molecular formula is C5H5KO2S. The van der Waals surface area contributed by atoms with E-state index in [1.165, 1.54) is 11.3 Å². The van der Waals surface area contributed by atoms with Crippen LogP contribution in [0.1, 0.15) is 9.67 Å². The summed E-state index contributed by atoms with van der Waals surface area (Å²) in [4.78, 5) is 10.7. The van der Waals surface area contributed by atoms with E-state index in [0.29, 0.717) is 0 Å². The van der Waals surface area contributed by atoms with Crippen LogP contribution in [0.2, 0.25) is 0 Å². The van der Waals surface area contributed by atoms with Crippen molar-refractivity contribution in [1.29, 1.82) is 0 Å². The molecule has 0 fully saturated rings. The number of aldehydes is 1. The summed E-state index contributed by atoms with van der Waals surface area (Å²) in [5.74, 6) is 0. The number of hydrogen-bond donors (Lipinski definition) is 0. The van der Waals surface area contributed by atoms with Crippen LogP contribution in [-0.2, 0) is 0 Å². The smallest absolute Gasteiger partial charge is 0.870 e. The van der Waals surface area contributed by atoms with Gasteiger partial charge >= 0.3 is 51.4 Å². The maximum atomic E-state index is 9.88. The van der Waals surface area contributed by atoms with Gasteiger partial charge in [-0.1, -0.05) is 6.07 Å². The predicted octanol–water partition coefficient (Wildman–Crippen LogP) is -1.61. The van der Waals surface area contributed by atoms with Crippen LogP contribution in [0.4, 0.5) is 0 Å². The van der Waals surface area contributed by atoms with Crippen molar-refractivity contribution in [3.05, 3.63) is 22.4 Å². The third kappa shape index (κ3) is 4.38. The van der Waals surface area contributed by atoms with E-state index >= 15 is 0 Å². The summed E-state index contributed by atoms with van der Waals surface area (Å²) in [5.41, 5.74) is 0. The molecule has 1 rings (SSSR count). The van der Waals surface area contributed by atoms with Gasteiger partial charge in [-0.3, -0.25) is 4.79 Å². The molecule has 0 radical (unpaired) electrons. The zero-order chi connectivity index (χ0) is 5.11. The fraction of sp³-hybridized carbons (Fsp3) is 0. The van der Waals surface area contributed by atoms with Gasteiger partial charge in [0.15, 0.2) is 6.29 Å². The Morgan fingerprint density at radius 2 is 2.22 bits per heavy atom. The van der Waals surface area contributed by atoms with Gasteiger partial charge in [0, 0.05) is 0 Å². The number of thiophene rings is 1. The van der Waals surface area contributed by atoms with Crippen molar-refractivity contribution in [3.63, 3.8) is 0 Å². The third-order valence-corrected chi connectivity index (χ3v) is 1.46. The molecule has 44 valence electrons. The van der Waals surface area contributed by atoms with Crippen molar-refractivity contribution >= 4 is 17.6 Å². The maximum Gasteiger partial charge on any atom is 1.00 e. The molecule has 9 heavy (non-hydrogen) atoms. The molecule has 1 heterocycles. The topological polar surface area (TPSA) is 47.1 Å². The van der Waals surface area contributed by atoms with Crippen LogP contribution in [0.15, 0.2) is 17.5 Å². The Balaban J connectivity index is 0. The first kappa shape index (κ1) is 12.6. The minimum absolute atomic E-state index is 0. The first-order valence-electron chi connectivity index (χ1n) is 1.92. The Morgan fingerprint density at radius 3 is 2.44 bits per heavy atom. The molecule has 0 aliphatic rings. The summed E-state index contributed by atoms with van der Waals surface area (Å²) in [5, 5.41) is 1.88. The number of rotatable bonds is 1. The van der Waals surface area contributed by atoms with Crippen LogP contribution in [-0.4, -0.2) is 11.8 Å². The molecular weight excluding hydrogens is 163 g/mol. The molecule has 0 saturated carbocycles. The monoisotopic (exact) mass is 168 g/mol. The molecule has 0 spiro atoms. The number of carbonyl (C=O) groups is 1. The van der Waals surface area contributed by atoms with E-state index in [2.05, 4.69) is 0 Å². The molecule has 0 atom stereocenters. The van der Waals surface area contributed by atoms with Gasteiger partial charge in [0.05, 0.1) is 4.88 Å². The van der Waals surface area contributed by atoms with Crippen LogP contribution in [0, 0.1) is 0 Å². The van der Waals surface area contributed by atoms with E-state index in [9.17, 15) is 4.79 Å². The minimum atomic E-state index is 0. The van der Waals surface area contributed by atoms with E-state index in [0.717, 1.165) is 11.2 Å². The van der Waals surface area contributed by atoms with E-state index in [4.69, 9.17) is 0 Å². The van der Waals surface area contributed by atoms with Crippen LogP contribution in [0.3, 0.4) is 0 Å².